The van der Waals surface area contributed by atoms with Crippen LogP contribution < -0.4 is 0 Å². The van der Waals surface area contributed by atoms with Crippen molar-refractivity contribution in [3.63, 3.8) is 0 Å². The van der Waals surface area contributed by atoms with Crippen LogP contribution in [0.5, 0.6) is 0 Å². The Hall–Kier alpha value is -2.89. The van der Waals surface area contributed by atoms with Crippen molar-refractivity contribution in [1.29, 1.82) is 0 Å². The minimum Gasteiger partial charge on any atom is -0.462 e. The molecule has 1 unspecified atom stereocenters. The van der Waals surface area contributed by atoms with Crippen molar-refractivity contribution in [2.45, 2.75) is 335 Å². The zero-order chi connectivity index (χ0) is 52.9. The maximum atomic E-state index is 12.9. The molecule has 0 heterocycles. The highest BCUT2D eigenvalue weighted by Gasteiger charge is 2.19. The molecule has 0 fully saturated rings. The summed E-state index contributed by atoms with van der Waals surface area (Å²) in [5.74, 6) is -0.863. The van der Waals surface area contributed by atoms with E-state index in [1.165, 1.54) is 205 Å². The number of unbranched alkanes of at least 4 members (excludes halogenated alkanes) is 37. The highest BCUT2D eigenvalue weighted by Crippen LogP contribution is 2.17. The van der Waals surface area contributed by atoms with Gasteiger partial charge in [-0.25, -0.2) is 0 Å². The maximum Gasteiger partial charge on any atom is 0.306 e. The van der Waals surface area contributed by atoms with E-state index < -0.39 is 6.10 Å². The van der Waals surface area contributed by atoms with Gasteiger partial charge in [-0.15, -0.1) is 0 Å². The van der Waals surface area contributed by atoms with Gasteiger partial charge in [-0.05, 0) is 83.5 Å². The van der Waals surface area contributed by atoms with E-state index in [9.17, 15) is 14.4 Å². The van der Waals surface area contributed by atoms with E-state index in [1.54, 1.807) is 0 Å². The average molecular weight is 1020 g/mol. The normalized spacial score (nSPS) is 12.4. The topological polar surface area (TPSA) is 78.9 Å². The molecule has 0 bridgehead atoms. The van der Waals surface area contributed by atoms with E-state index in [-0.39, 0.29) is 31.1 Å². The Morgan fingerprint density at radius 3 is 0.849 bits per heavy atom. The van der Waals surface area contributed by atoms with Gasteiger partial charge < -0.3 is 14.2 Å². The first-order valence-corrected chi connectivity index (χ1v) is 31.8. The minimum atomic E-state index is -0.775. The third kappa shape index (κ3) is 59.9. The van der Waals surface area contributed by atoms with E-state index in [2.05, 4.69) is 81.5 Å². The number of ether oxygens (including phenoxy) is 3. The van der Waals surface area contributed by atoms with Gasteiger partial charge in [-0.3, -0.25) is 14.4 Å². The van der Waals surface area contributed by atoms with Crippen LogP contribution in [0.2, 0.25) is 0 Å². The van der Waals surface area contributed by atoms with E-state index >= 15 is 0 Å². The molecular weight excluding hydrogens is 901 g/mol. The lowest BCUT2D eigenvalue weighted by Gasteiger charge is -2.18. The molecule has 0 saturated heterocycles. The molecule has 0 aliphatic heterocycles. The van der Waals surface area contributed by atoms with E-state index in [4.69, 9.17) is 14.2 Å². The fraction of sp³-hybridized carbons (Fsp3) is 0.806. The van der Waals surface area contributed by atoms with E-state index in [0.29, 0.717) is 19.3 Å². The Morgan fingerprint density at radius 2 is 0.534 bits per heavy atom. The van der Waals surface area contributed by atoms with Crippen LogP contribution in [0.15, 0.2) is 60.8 Å². The van der Waals surface area contributed by atoms with Gasteiger partial charge in [0.1, 0.15) is 13.2 Å². The van der Waals surface area contributed by atoms with Crippen molar-refractivity contribution in [2.75, 3.05) is 13.2 Å². The molecule has 0 spiro atoms. The van der Waals surface area contributed by atoms with Crippen LogP contribution in [-0.2, 0) is 28.6 Å². The van der Waals surface area contributed by atoms with Gasteiger partial charge in [0, 0.05) is 19.3 Å². The second-order valence-electron chi connectivity index (χ2n) is 21.3. The van der Waals surface area contributed by atoms with Gasteiger partial charge in [-0.2, -0.15) is 0 Å². The first kappa shape index (κ1) is 70.1. The standard InChI is InChI=1S/C67H120O6/c1-4-7-10-13-16-19-22-24-26-28-30-32-33-35-36-38-40-42-45-48-51-54-57-60-66(69)72-63-64(62-71-65(68)59-56-53-50-47-44-21-18-15-12-9-6-3)73-67(70)61-58-55-52-49-46-43-41-39-37-34-31-29-27-25-23-20-17-14-11-8-5-2/h7,10,16,19,24,26,29-32,64H,4-6,8-9,11-15,17-18,20-23,25,27-28,33-63H2,1-3H3/b10-7-,19-16-,26-24-,31-29-,32-30-. The number of carbonyl (C=O) groups is 3. The van der Waals surface area contributed by atoms with Crippen LogP contribution in [-0.4, -0.2) is 37.2 Å². The molecule has 0 amide bonds. The van der Waals surface area contributed by atoms with Gasteiger partial charge in [0.15, 0.2) is 6.10 Å². The summed E-state index contributed by atoms with van der Waals surface area (Å²) in [6, 6.07) is 0. The summed E-state index contributed by atoms with van der Waals surface area (Å²) in [6.45, 7) is 6.56. The molecule has 0 aromatic heterocycles. The number of rotatable bonds is 58. The molecule has 0 saturated carbocycles. The van der Waals surface area contributed by atoms with Crippen LogP contribution in [0, 0.1) is 0 Å². The van der Waals surface area contributed by atoms with Crippen LogP contribution >= 0.6 is 0 Å². The van der Waals surface area contributed by atoms with Gasteiger partial charge in [0.2, 0.25) is 0 Å². The summed E-state index contributed by atoms with van der Waals surface area (Å²) in [6.07, 6.45) is 78.0. The maximum absolute atomic E-state index is 12.9. The Morgan fingerprint density at radius 1 is 0.288 bits per heavy atom. The molecule has 73 heavy (non-hydrogen) atoms. The average Bonchev–Trinajstić information content (AvgIpc) is 3.39. The molecule has 0 radical (unpaired) electrons. The molecule has 0 N–H and O–H groups in total. The summed E-state index contributed by atoms with van der Waals surface area (Å²) < 4.78 is 16.9. The molecule has 424 valence electrons. The van der Waals surface area contributed by atoms with Gasteiger partial charge in [0.05, 0.1) is 0 Å². The number of esters is 3. The zero-order valence-electron chi connectivity index (χ0n) is 48.7. The van der Waals surface area contributed by atoms with Crippen molar-refractivity contribution < 1.29 is 28.6 Å². The van der Waals surface area contributed by atoms with Crippen LogP contribution in [0.3, 0.4) is 0 Å². The van der Waals surface area contributed by atoms with Crippen molar-refractivity contribution in [1.82, 2.24) is 0 Å². The third-order valence-corrected chi connectivity index (χ3v) is 14.0. The third-order valence-electron chi connectivity index (χ3n) is 14.0. The van der Waals surface area contributed by atoms with Crippen molar-refractivity contribution in [3.05, 3.63) is 60.8 Å². The lowest BCUT2D eigenvalue weighted by Crippen LogP contribution is -2.30. The molecule has 0 aromatic rings. The van der Waals surface area contributed by atoms with Crippen LogP contribution in [0.4, 0.5) is 0 Å². The quantitative estimate of drug-likeness (QED) is 0.0261. The Kier molecular flexibility index (Phi) is 59.2. The zero-order valence-corrected chi connectivity index (χ0v) is 48.7. The molecule has 0 rings (SSSR count). The smallest absolute Gasteiger partial charge is 0.306 e. The summed E-state index contributed by atoms with van der Waals surface area (Å²) in [4.78, 5) is 38.2. The lowest BCUT2D eigenvalue weighted by atomic mass is 10.0. The number of carbonyl (C=O) groups excluding carboxylic acids is 3. The van der Waals surface area contributed by atoms with Gasteiger partial charge >= 0.3 is 17.9 Å². The van der Waals surface area contributed by atoms with E-state index in [1.807, 2.05) is 0 Å². The number of hydrogen-bond donors (Lipinski definition) is 0. The predicted molar refractivity (Wildman–Crippen MR) is 316 cm³/mol. The first-order chi connectivity index (χ1) is 36.0. The summed E-state index contributed by atoms with van der Waals surface area (Å²) in [5, 5.41) is 0. The van der Waals surface area contributed by atoms with Crippen molar-refractivity contribution in [3.8, 4) is 0 Å². The fourth-order valence-electron chi connectivity index (χ4n) is 9.25. The molecular formula is C67H120O6. The fourth-order valence-corrected chi connectivity index (χ4v) is 9.25. The first-order valence-electron chi connectivity index (χ1n) is 31.8. The molecule has 6 heteroatoms. The minimum absolute atomic E-state index is 0.0726. The SMILES string of the molecule is CC/C=C\C/C=C\C/C=C\C/C=C\CCCCCCCCCCCCC(=O)OCC(COC(=O)CCCCCCCCCCCCC)OC(=O)CCCCCCCCCCC/C=C\CCCCCCCCCC. The van der Waals surface area contributed by atoms with Crippen LogP contribution in [0.25, 0.3) is 0 Å². The highest BCUT2D eigenvalue weighted by atomic mass is 16.6. The second kappa shape index (κ2) is 61.7. The van der Waals surface area contributed by atoms with E-state index in [0.717, 1.165) is 83.5 Å². The number of allylic oxidation sites excluding steroid dienone is 10. The van der Waals surface area contributed by atoms with Crippen molar-refractivity contribution >= 4 is 17.9 Å². The summed E-state index contributed by atoms with van der Waals surface area (Å²) in [5.41, 5.74) is 0. The summed E-state index contributed by atoms with van der Waals surface area (Å²) in [7, 11) is 0. The molecule has 0 aliphatic carbocycles. The highest BCUT2D eigenvalue weighted by molar-refractivity contribution is 5.71. The molecule has 6 nitrogen and oxygen atoms in total. The largest absolute Gasteiger partial charge is 0.462 e. The lowest BCUT2D eigenvalue weighted by molar-refractivity contribution is -0.167. The monoisotopic (exact) mass is 1020 g/mol. The molecule has 0 aromatic carbocycles. The van der Waals surface area contributed by atoms with Gasteiger partial charge in [0.25, 0.3) is 0 Å². The Labute approximate surface area is 453 Å². The number of hydrogen-bond acceptors (Lipinski definition) is 6. The van der Waals surface area contributed by atoms with Crippen LogP contribution in [0.1, 0.15) is 329 Å². The Balaban J connectivity index is 4.27. The molecule has 0 aliphatic rings. The Bertz CT molecular complexity index is 1310. The second-order valence-corrected chi connectivity index (χ2v) is 21.3. The molecule has 1 atom stereocenters. The predicted octanol–water partition coefficient (Wildman–Crippen LogP) is 21.6. The van der Waals surface area contributed by atoms with Gasteiger partial charge in [-0.1, -0.05) is 287 Å². The van der Waals surface area contributed by atoms with Crippen molar-refractivity contribution in [2.24, 2.45) is 0 Å². The summed E-state index contributed by atoms with van der Waals surface area (Å²) >= 11 is 0.